The molecular weight excluding hydrogens is 160 g/mol. The van der Waals surface area contributed by atoms with Gasteiger partial charge in [0.15, 0.2) is 0 Å². The summed E-state index contributed by atoms with van der Waals surface area (Å²) in [5.74, 6) is 1.16. The molecule has 0 unspecified atom stereocenters. The normalized spacial score (nSPS) is 26.9. The molecule has 13 heavy (non-hydrogen) atoms. The van der Waals surface area contributed by atoms with Crippen molar-refractivity contribution >= 4 is 0 Å². The lowest BCUT2D eigenvalue weighted by atomic mass is 9.79. The van der Waals surface area contributed by atoms with E-state index in [-0.39, 0.29) is 0 Å². The number of nitrogens with one attached hydrogen (secondary N) is 1. The third-order valence-electron chi connectivity index (χ3n) is 3.05. The lowest BCUT2D eigenvalue weighted by Crippen LogP contribution is -2.12. The van der Waals surface area contributed by atoms with Gasteiger partial charge in [-0.1, -0.05) is 19.1 Å². The Bertz CT molecular complexity index is 325. The minimum atomic E-state index is 0.532. The van der Waals surface area contributed by atoms with Gasteiger partial charge in [-0.2, -0.15) is 5.10 Å². The van der Waals surface area contributed by atoms with Crippen molar-refractivity contribution in [3.05, 3.63) is 29.6 Å². The number of hydrogen-bond acceptors (Lipinski definition) is 1. The van der Waals surface area contributed by atoms with Crippen molar-refractivity contribution in [3.63, 3.8) is 0 Å². The van der Waals surface area contributed by atoms with Gasteiger partial charge in [-0.3, -0.25) is 5.10 Å². The van der Waals surface area contributed by atoms with E-state index < -0.39 is 0 Å². The van der Waals surface area contributed by atoms with Crippen LogP contribution in [0.4, 0.5) is 0 Å². The SMILES string of the molecule is C=C(C)[C@@H]1CC[C@@H](C)c2[nH]ncc21. The molecular formula is C11H16N2. The van der Waals surface area contributed by atoms with Crippen molar-refractivity contribution < 1.29 is 0 Å². The predicted molar refractivity (Wildman–Crippen MR) is 53.8 cm³/mol. The molecule has 2 atom stereocenters. The molecule has 1 N–H and O–H groups in total. The zero-order valence-corrected chi connectivity index (χ0v) is 8.30. The Morgan fingerprint density at radius 2 is 2.38 bits per heavy atom. The minimum Gasteiger partial charge on any atom is -0.282 e. The molecule has 70 valence electrons. The second kappa shape index (κ2) is 3.02. The fourth-order valence-electron chi connectivity index (χ4n) is 2.21. The van der Waals surface area contributed by atoms with Crippen LogP contribution in [0.15, 0.2) is 18.3 Å². The van der Waals surface area contributed by atoms with Crippen LogP contribution in [0.3, 0.4) is 0 Å². The quantitative estimate of drug-likeness (QED) is 0.655. The van der Waals surface area contributed by atoms with Crippen molar-refractivity contribution in [2.24, 2.45) is 0 Å². The van der Waals surface area contributed by atoms with Gasteiger partial charge in [0.1, 0.15) is 0 Å². The van der Waals surface area contributed by atoms with Gasteiger partial charge in [-0.15, -0.1) is 0 Å². The molecule has 0 amide bonds. The molecule has 0 fully saturated rings. The Morgan fingerprint density at radius 1 is 1.62 bits per heavy atom. The van der Waals surface area contributed by atoms with Crippen LogP contribution in [-0.4, -0.2) is 10.2 Å². The number of aromatic nitrogens is 2. The summed E-state index contributed by atoms with van der Waals surface area (Å²) in [5, 5.41) is 7.22. The number of rotatable bonds is 1. The Balaban J connectivity index is 2.40. The molecule has 1 aliphatic carbocycles. The van der Waals surface area contributed by atoms with Crippen molar-refractivity contribution in [2.45, 2.75) is 38.5 Å². The van der Waals surface area contributed by atoms with E-state index in [1.165, 1.54) is 29.7 Å². The number of nitrogens with zero attached hydrogens (tertiary/aromatic N) is 1. The van der Waals surface area contributed by atoms with Crippen LogP contribution in [0.5, 0.6) is 0 Å². The van der Waals surface area contributed by atoms with Gasteiger partial charge in [0.2, 0.25) is 0 Å². The molecule has 1 heterocycles. The van der Waals surface area contributed by atoms with Crippen molar-refractivity contribution in [3.8, 4) is 0 Å². The van der Waals surface area contributed by atoms with E-state index in [1.807, 2.05) is 6.20 Å². The molecule has 1 aliphatic rings. The highest BCUT2D eigenvalue weighted by Crippen LogP contribution is 2.40. The van der Waals surface area contributed by atoms with Crippen LogP contribution in [0.2, 0.25) is 0 Å². The van der Waals surface area contributed by atoms with E-state index in [9.17, 15) is 0 Å². The van der Waals surface area contributed by atoms with Gasteiger partial charge in [-0.25, -0.2) is 0 Å². The Morgan fingerprint density at radius 3 is 3.08 bits per heavy atom. The number of fused-ring (bicyclic) bond motifs is 1. The minimum absolute atomic E-state index is 0.532. The van der Waals surface area contributed by atoms with E-state index in [1.54, 1.807) is 0 Å². The second-order valence-electron chi connectivity index (χ2n) is 4.12. The molecule has 0 radical (unpaired) electrons. The summed E-state index contributed by atoms with van der Waals surface area (Å²) in [6, 6.07) is 0. The van der Waals surface area contributed by atoms with Gasteiger partial charge in [-0.05, 0) is 25.7 Å². The van der Waals surface area contributed by atoms with Crippen LogP contribution in [-0.2, 0) is 0 Å². The molecule has 0 saturated carbocycles. The lowest BCUT2D eigenvalue weighted by molar-refractivity contribution is 0.532. The fourth-order valence-corrected chi connectivity index (χ4v) is 2.21. The maximum absolute atomic E-state index is 4.12. The molecule has 2 nitrogen and oxygen atoms in total. The monoisotopic (exact) mass is 176 g/mol. The zero-order valence-electron chi connectivity index (χ0n) is 8.30. The van der Waals surface area contributed by atoms with Crippen molar-refractivity contribution in [1.82, 2.24) is 10.2 Å². The average Bonchev–Trinajstić information content (AvgIpc) is 2.53. The van der Waals surface area contributed by atoms with Crippen LogP contribution in [0.1, 0.15) is 49.8 Å². The summed E-state index contributed by atoms with van der Waals surface area (Å²) < 4.78 is 0. The highest BCUT2D eigenvalue weighted by molar-refractivity contribution is 5.33. The van der Waals surface area contributed by atoms with Crippen LogP contribution >= 0.6 is 0 Å². The van der Waals surface area contributed by atoms with Crippen molar-refractivity contribution in [1.29, 1.82) is 0 Å². The fraction of sp³-hybridized carbons (Fsp3) is 0.545. The maximum atomic E-state index is 4.12. The van der Waals surface area contributed by atoms with Crippen LogP contribution in [0.25, 0.3) is 0 Å². The topological polar surface area (TPSA) is 28.7 Å². The van der Waals surface area contributed by atoms with Gasteiger partial charge in [0.25, 0.3) is 0 Å². The van der Waals surface area contributed by atoms with E-state index >= 15 is 0 Å². The first kappa shape index (κ1) is 8.54. The highest BCUT2D eigenvalue weighted by Gasteiger charge is 2.26. The molecule has 0 bridgehead atoms. The molecule has 1 aromatic rings. The number of aromatic amines is 1. The molecule has 0 spiro atoms. The van der Waals surface area contributed by atoms with Crippen molar-refractivity contribution in [2.75, 3.05) is 0 Å². The average molecular weight is 176 g/mol. The van der Waals surface area contributed by atoms with E-state index in [0.29, 0.717) is 11.8 Å². The first-order valence-corrected chi connectivity index (χ1v) is 4.88. The number of H-pyrrole nitrogens is 1. The molecule has 2 rings (SSSR count). The summed E-state index contributed by atoms with van der Waals surface area (Å²) in [6.07, 6.45) is 4.43. The molecule has 1 aromatic heterocycles. The van der Waals surface area contributed by atoms with E-state index in [0.717, 1.165) is 0 Å². The lowest BCUT2D eigenvalue weighted by Gasteiger charge is -2.26. The Kier molecular flexibility index (Phi) is 1.98. The molecule has 0 saturated heterocycles. The summed E-state index contributed by atoms with van der Waals surface area (Å²) in [7, 11) is 0. The number of allylic oxidation sites excluding steroid dienone is 1. The first-order valence-electron chi connectivity index (χ1n) is 4.88. The second-order valence-corrected chi connectivity index (χ2v) is 4.12. The predicted octanol–water partition coefficient (Wildman–Crippen LogP) is 2.97. The van der Waals surface area contributed by atoms with Crippen LogP contribution < -0.4 is 0 Å². The van der Waals surface area contributed by atoms with E-state index in [4.69, 9.17) is 0 Å². The summed E-state index contributed by atoms with van der Waals surface area (Å²) in [4.78, 5) is 0. The summed E-state index contributed by atoms with van der Waals surface area (Å²) >= 11 is 0. The molecule has 0 aliphatic heterocycles. The molecule has 2 heteroatoms. The van der Waals surface area contributed by atoms with Gasteiger partial charge < -0.3 is 0 Å². The standard InChI is InChI=1S/C11H16N2/c1-7(2)9-5-4-8(3)11-10(9)6-12-13-11/h6,8-9H,1,4-5H2,2-3H3,(H,12,13)/t8-,9+/m1/s1. The third-order valence-corrected chi connectivity index (χ3v) is 3.05. The number of hydrogen-bond donors (Lipinski definition) is 1. The Hall–Kier alpha value is -1.05. The zero-order chi connectivity index (χ0) is 9.42. The smallest absolute Gasteiger partial charge is 0.0528 e. The highest BCUT2D eigenvalue weighted by atomic mass is 15.1. The van der Waals surface area contributed by atoms with Gasteiger partial charge >= 0.3 is 0 Å². The Labute approximate surface area is 79.1 Å². The largest absolute Gasteiger partial charge is 0.282 e. The summed E-state index contributed by atoms with van der Waals surface area (Å²) in [6.45, 7) is 8.40. The maximum Gasteiger partial charge on any atom is 0.0528 e. The first-order chi connectivity index (χ1) is 6.20. The van der Waals surface area contributed by atoms with E-state index in [2.05, 4.69) is 30.6 Å². The summed E-state index contributed by atoms with van der Waals surface area (Å²) in [5.41, 5.74) is 3.94. The third kappa shape index (κ3) is 1.30. The van der Waals surface area contributed by atoms with Crippen LogP contribution in [0, 0.1) is 0 Å². The van der Waals surface area contributed by atoms with Gasteiger partial charge in [0, 0.05) is 17.2 Å². The molecule has 0 aromatic carbocycles. The van der Waals surface area contributed by atoms with Gasteiger partial charge in [0.05, 0.1) is 6.20 Å².